The smallest absolute Gasteiger partial charge is 0.250 e. The average molecular weight is 418 g/mol. The number of rotatable bonds is 4. The van der Waals surface area contributed by atoms with E-state index in [4.69, 9.17) is 4.43 Å². The van der Waals surface area contributed by atoms with Crippen LogP contribution in [-0.2, 0) is 0 Å². The minimum atomic E-state index is -1.82. The van der Waals surface area contributed by atoms with Crippen molar-refractivity contribution in [2.75, 3.05) is 0 Å². The molecule has 0 saturated heterocycles. The molecule has 0 fully saturated rings. The quantitative estimate of drug-likeness (QED) is 0.381. The molecule has 0 aromatic heterocycles. The highest BCUT2D eigenvalue weighted by Gasteiger charge is 2.40. The van der Waals surface area contributed by atoms with Crippen LogP contribution >= 0.6 is 22.6 Å². The van der Waals surface area contributed by atoms with Gasteiger partial charge in [-0.1, -0.05) is 48.5 Å². The van der Waals surface area contributed by atoms with Gasteiger partial charge in [0.15, 0.2) is 0 Å². The second-order valence-corrected chi connectivity index (χ2v) is 14.1. The van der Waals surface area contributed by atoms with Gasteiger partial charge >= 0.3 is 0 Å². The molecular formula is C18H31IOSi. The van der Waals surface area contributed by atoms with Crippen LogP contribution in [0.25, 0.3) is 0 Å². The van der Waals surface area contributed by atoms with Gasteiger partial charge in [-0.2, -0.15) is 0 Å². The molecule has 0 spiro atoms. The van der Waals surface area contributed by atoms with E-state index in [9.17, 15) is 0 Å². The second kappa shape index (κ2) is 6.61. The van der Waals surface area contributed by atoms with Crippen LogP contribution in [0.2, 0.25) is 18.1 Å². The van der Waals surface area contributed by atoms with E-state index in [1.54, 1.807) is 0 Å². The predicted molar refractivity (Wildman–Crippen MR) is 105 cm³/mol. The van der Waals surface area contributed by atoms with Crippen LogP contribution in [0.1, 0.15) is 71.4 Å². The fourth-order valence-electron chi connectivity index (χ4n) is 2.02. The van der Waals surface area contributed by atoms with Crippen molar-refractivity contribution < 1.29 is 4.43 Å². The maximum atomic E-state index is 6.74. The van der Waals surface area contributed by atoms with E-state index in [1.165, 1.54) is 14.7 Å². The molecule has 21 heavy (non-hydrogen) atoms. The van der Waals surface area contributed by atoms with Crippen molar-refractivity contribution in [3.8, 4) is 5.75 Å². The fraction of sp³-hybridized carbons (Fsp3) is 0.667. The minimum Gasteiger partial charge on any atom is -0.543 e. The van der Waals surface area contributed by atoms with Crippen LogP contribution in [0, 0.1) is 3.57 Å². The summed E-state index contributed by atoms with van der Waals surface area (Å²) in [7, 11) is -1.82. The van der Waals surface area contributed by atoms with E-state index >= 15 is 0 Å². The summed E-state index contributed by atoms with van der Waals surface area (Å²) < 4.78 is 8.05. The van der Waals surface area contributed by atoms with Crippen molar-refractivity contribution in [3.05, 3.63) is 26.8 Å². The van der Waals surface area contributed by atoms with Crippen molar-refractivity contribution >= 4 is 30.9 Å². The van der Waals surface area contributed by atoms with E-state index in [2.05, 4.69) is 96.3 Å². The molecule has 0 aliphatic rings. The van der Waals surface area contributed by atoms with E-state index in [-0.39, 0.29) is 5.04 Å². The Balaban J connectivity index is 3.46. The van der Waals surface area contributed by atoms with Crippen LogP contribution in [0.5, 0.6) is 5.75 Å². The van der Waals surface area contributed by atoms with Gasteiger partial charge in [0.25, 0.3) is 8.32 Å². The fourth-order valence-corrected chi connectivity index (χ4v) is 3.74. The Morgan fingerprint density at radius 2 is 1.33 bits per heavy atom. The minimum absolute atomic E-state index is 0.221. The highest BCUT2D eigenvalue weighted by atomic mass is 127. The van der Waals surface area contributed by atoms with Gasteiger partial charge in [0.2, 0.25) is 0 Å². The largest absolute Gasteiger partial charge is 0.543 e. The first kappa shape index (κ1) is 19.0. The zero-order valence-electron chi connectivity index (χ0n) is 15.1. The Labute approximate surface area is 146 Å². The predicted octanol–water partition coefficient (Wildman–Crippen LogP) is 6.92. The molecular weight excluding hydrogens is 387 g/mol. The van der Waals surface area contributed by atoms with Gasteiger partial charge in [0.05, 0.1) is 0 Å². The van der Waals surface area contributed by atoms with Crippen molar-refractivity contribution in [3.63, 3.8) is 0 Å². The summed E-state index contributed by atoms with van der Waals surface area (Å²) in [5.41, 5.74) is 2.71. The topological polar surface area (TPSA) is 9.23 Å². The first-order valence-corrected chi connectivity index (χ1v) is 11.9. The molecule has 0 saturated carbocycles. The number of hydrogen-bond acceptors (Lipinski definition) is 1. The summed E-state index contributed by atoms with van der Waals surface area (Å²) in [6.07, 6.45) is 0. The molecule has 1 aromatic rings. The Kier molecular flexibility index (Phi) is 5.98. The lowest BCUT2D eigenvalue weighted by molar-refractivity contribution is 0.476. The summed E-state index contributed by atoms with van der Waals surface area (Å²) in [6.45, 7) is 20.6. The van der Waals surface area contributed by atoms with Crippen LogP contribution < -0.4 is 4.43 Å². The van der Waals surface area contributed by atoms with Gasteiger partial charge in [-0.05, 0) is 75.8 Å². The van der Waals surface area contributed by atoms with Crippen LogP contribution in [0.3, 0.4) is 0 Å². The van der Waals surface area contributed by atoms with Crippen molar-refractivity contribution in [1.82, 2.24) is 0 Å². The lowest BCUT2D eigenvalue weighted by Gasteiger charge is -2.38. The Morgan fingerprint density at radius 3 is 1.62 bits per heavy atom. The summed E-state index contributed by atoms with van der Waals surface area (Å²) in [4.78, 5) is 0. The average Bonchev–Trinajstić information content (AvgIpc) is 2.28. The maximum absolute atomic E-state index is 6.74. The zero-order chi connectivity index (χ0) is 16.6. The van der Waals surface area contributed by atoms with Crippen LogP contribution in [0.4, 0.5) is 0 Å². The second-order valence-electron chi connectivity index (χ2n) is 8.09. The lowest BCUT2D eigenvalue weighted by Crippen LogP contribution is -2.44. The van der Waals surface area contributed by atoms with E-state index < -0.39 is 8.32 Å². The third-order valence-electron chi connectivity index (χ3n) is 4.52. The lowest BCUT2D eigenvalue weighted by atomic mass is 9.94. The molecule has 1 aromatic carbocycles. The molecule has 0 heterocycles. The molecule has 0 N–H and O–H groups in total. The Bertz CT molecular complexity index is 469. The summed E-state index contributed by atoms with van der Waals surface area (Å²) in [5, 5.41) is 0.221. The molecule has 1 rings (SSSR count). The van der Waals surface area contributed by atoms with E-state index in [0.717, 1.165) is 5.75 Å². The number of halogens is 1. The maximum Gasteiger partial charge on any atom is 0.250 e. The SMILES string of the molecule is CC(C)c1cc(I)cc(C(C)C)c1O[Si](C)(C)C(C)(C)C. The molecule has 0 aliphatic carbocycles. The Morgan fingerprint density at radius 1 is 0.952 bits per heavy atom. The molecule has 3 heteroatoms. The first-order valence-electron chi connectivity index (χ1n) is 7.89. The van der Waals surface area contributed by atoms with Crippen molar-refractivity contribution in [1.29, 1.82) is 0 Å². The first-order chi connectivity index (χ1) is 9.36. The summed E-state index contributed by atoms with van der Waals surface area (Å²) in [6, 6.07) is 4.58. The van der Waals surface area contributed by atoms with Gasteiger partial charge in [-0.25, -0.2) is 0 Å². The van der Waals surface area contributed by atoms with Gasteiger partial charge in [-0.3, -0.25) is 0 Å². The number of benzene rings is 1. The molecule has 0 unspecified atom stereocenters. The van der Waals surface area contributed by atoms with E-state index in [1.807, 2.05) is 0 Å². The summed E-state index contributed by atoms with van der Waals surface area (Å²) in [5.74, 6) is 2.13. The number of hydrogen-bond donors (Lipinski definition) is 0. The molecule has 0 bridgehead atoms. The third-order valence-corrected chi connectivity index (χ3v) is 9.47. The van der Waals surface area contributed by atoms with Crippen molar-refractivity contribution in [2.45, 2.75) is 78.4 Å². The molecule has 1 nitrogen and oxygen atoms in total. The molecule has 120 valence electrons. The van der Waals surface area contributed by atoms with E-state index in [0.29, 0.717) is 11.8 Å². The molecule has 0 amide bonds. The highest BCUT2D eigenvalue weighted by Crippen LogP contribution is 2.43. The highest BCUT2D eigenvalue weighted by molar-refractivity contribution is 14.1. The van der Waals surface area contributed by atoms with Crippen LogP contribution in [0.15, 0.2) is 12.1 Å². The van der Waals surface area contributed by atoms with Gasteiger partial charge in [0, 0.05) is 3.57 Å². The normalized spacial score (nSPS) is 13.1. The standard InChI is InChI=1S/C18H31IOSi/c1-12(2)15-10-14(19)11-16(13(3)4)17(15)20-21(8,9)18(5,6)7/h10-13H,1-9H3. The van der Waals surface area contributed by atoms with Crippen LogP contribution in [-0.4, -0.2) is 8.32 Å². The molecule has 0 radical (unpaired) electrons. The van der Waals surface area contributed by atoms with Crippen molar-refractivity contribution in [2.24, 2.45) is 0 Å². The Hall–Kier alpha value is -0.0331. The van der Waals surface area contributed by atoms with Gasteiger partial charge in [0.1, 0.15) is 5.75 Å². The zero-order valence-corrected chi connectivity index (χ0v) is 18.3. The van der Waals surface area contributed by atoms with Gasteiger partial charge < -0.3 is 4.43 Å². The molecule has 0 atom stereocenters. The summed E-state index contributed by atoms with van der Waals surface area (Å²) >= 11 is 2.42. The monoisotopic (exact) mass is 418 g/mol. The third kappa shape index (κ3) is 4.47. The van der Waals surface area contributed by atoms with Gasteiger partial charge in [-0.15, -0.1) is 0 Å². The molecule has 0 aliphatic heterocycles.